The Morgan fingerprint density at radius 1 is 1.28 bits per heavy atom. The fourth-order valence-electron chi connectivity index (χ4n) is 2.02. The topological polar surface area (TPSA) is 37.0 Å². The van der Waals surface area contributed by atoms with Crippen LogP contribution in [0, 0.1) is 0 Å². The van der Waals surface area contributed by atoms with E-state index >= 15 is 0 Å². The SMILES string of the molecule is CC(C)OCCCNCc1c[nH]c2ccccc12. The number of rotatable bonds is 7. The van der Waals surface area contributed by atoms with Gasteiger partial charge in [-0.15, -0.1) is 0 Å². The zero-order valence-corrected chi connectivity index (χ0v) is 11.2. The van der Waals surface area contributed by atoms with Crippen LogP contribution in [0.15, 0.2) is 30.5 Å². The molecule has 18 heavy (non-hydrogen) atoms. The van der Waals surface area contributed by atoms with Crippen molar-refractivity contribution < 1.29 is 4.74 Å². The van der Waals surface area contributed by atoms with Crippen LogP contribution < -0.4 is 5.32 Å². The van der Waals surface area contributed by atoms with Gasteiger partial charge in [-0.05, 0) is 38.4 Å². The zero-order valence-electron chi connectivity index (χ0n) is 11.2. The van der Waals surface area contributed by atoms with E-state index in [9.17, 15) is 0 Å². The summed E-state index contributed by atoms with van der Waals surface area (Å²) in [5.41, 5.74) is 2.54. The maximum Gasteiger partial charge on any atom is 0.0518 e. The highest BCUT2D eigenvalue weighted by atomic mass is 16.5. The molecule has 1 aromatic heterocycles. The summed E-state index contributed by atoms with van der Waals surface area (Å²) in [6.07, 6.45) is 3.47. The molecule has 0 bridgehead atoms. The number of benzene rings is 1. The van der Waals surface area contributed by atoms with Crippen molar-refractivity contribution in [3.05, 3.63) is 36.0 Å². The molecular formula is C15H22N2O. The minimum atomic E-state index is 0.332. The second kappa shape index (κ2) is 6.57. The second-order valence-electron chi connectivity index (χ2n) is 4.81. The summed E-state index contributed by atoms with van der Waals surface area (Å²) < 4.78 is 5.50. The normalized spacial score (nSPS) is 11.5. The van der Waals surface area contributed by atoms with Crippen LogP contribution in [0.2, 0.25) is 0 Å². The average molecular weight is 246 g/mol. The number of hydrogen-bond donors (Lipinski definition) is 2. The van der Waals surface area contributed by atoms with E-state index in [1.165, 1.54) is 16.5 Å². The molecule has 1 aromatic carbocycles. The lowest BCUT2D eigenvalue weighted by molar-refractivity contribution is 0.0770. The van der Waals surface area contributed by atoms with Crippen molar-refractivity contribution in [2.45, 2.75) is 32.9 Å². The van der Waals surface area contributed by atoms with Crippen molar-refractivity contribution in [3.63, 3.8) is 0 Å². The predicted molar refractivity (Wildman–Crippen MR) is 75.7 cm³/mol. The lowest BCUT2D eigenvalue weighted by Gasteiger charge is -2.07. The number of aromatic amines is 1. The van der Waals surface area contributed by atoms with Crippen LogP contribution in [-0.2, 0) is 11.3 Å². The molecule has 3 heteroatoms. The van der Waals surface area contributed by atoms with Gasteiger partial charge in [-0.2, -0.15) is 0 Å². The maximum atomic E-state index is 5.50. The first-order valence-electron chi connectivity index (χ1n) is 6.64. The molecule has 0 aliphatic carbocycles. The van der Waals surface area contributed by atoms with Gasteiger partial charge in [-0.25, -0.2) is 0 Å². The third kappa shape index (κ3) is 3.59. The van der Waals surface area contributed by atoms with Crippen LogP contribution in [0.25, 0.3) is 10.9 Å². The monoisotopic (exact) mass is 246 g/mol. The van der Waals surface area contributed by atoms with Crippen molar-refractivity contribution in [3.8, 4) is 0 Å². The molecule has 0 saturated heterocycles. The Balaban J connectivity index is 1.74. The molecule has 0 aliphatic rings. The van der Waals surface area contributed by atoms with Gasteiger partial charge in [0.15, 0.2) is 0 Å². The van der Waals surface area contributed by atoms with E-state index < -0.39 is 0 Å². The summed E-state index contributed by atoms with van der Waals surface area (Å²) in [4.78, 5) is 3.29. The fourth-order valence-corrected chi connectivity index (χ4v) is 2.02. The Labute approximate surface area is 109 Å². The van der Waals surface area contributed by atoms with Crippen molar-refractivity contribution in [1.29, 1.82) is 0 Å². The molecule has 0 spiro atoms. The van der Waals surface area contributed by atoms with E-state index in [0.717, 1.165) is 26.1 Å². The van der Waals surface area contributed by atoms with Crippen molar-refractivity contribution >= 4 is 10.9 Å². The van der Waals surface area contributed by atoms with E-state index in [4.69, 9.17) is 4.74 Å². The lowest BCUT2D eigenvalue weighted by atomic mass is 10.2. The smallest absolute Gasteiger partial charge is 0.0518 e. The summed E-state index contributed by atoms with van der Waals surface area (Å²) in [5, 5.41) is 4.76. The van der Waals surface area contributed by atoms with Crippen LogP contribution in [0.4, 0.5) is 0 Å². The molecule has 1 heterocycles. The van der Waals surface area contributed by atoms with Crippen molar-refractivity contribution in [2.24, 2.45) is 0 Å². The molecule has 98 valence electrons. The number of ether oxygens (including phenoxy) is 1. The molecule has 0 amide bonds. The molecular weight excluding hydrogens is 224 g/mol. The molecule has 2 aromatic rings. The molecule has 0 saturated carbocycles. The Morgan fingerprint density at radius 2 is 2.11 bits per heavy atom. The average Bonchev–Trinajstić information content (AvgIpc) is 2.77. The van der Waals surface area contributed by atoms with E-state index in [-0.39, 0.29) is 0 Å². The number of aromatic nitrogens is 1. The van der Waals surface area contributed by atoms with Gasteiger partial charge in [-0.3, -0.25) is 0 Å². The van der Waals surface area contributed by atoms with Crippen LogP contribution >= 0.6 is 0 Å². The van der Waals surface area contributed by atoms with Crippen LogP contribution in [-0.4, -0.2) is 24.2 Å². The van der Waals surface area contributed by atoms with Crippen LogP contribution in [0.5, 0.6) is 0 Å². The molecule has 0 atom stereocenters. The van der Waals surface area contributed by atoms with Gasteiger partial charge in [0.2, 0.25) is 0 Å². The van der Waals surface area contributed by atoms with Crippen LogP contribution in [0.1, 0.15) is 25.8 Å². The molecule has 0 fully saturated rings. The fraction of sp³-hybridized carbons (Fsp3) is 0.467. The summed E-state index contributed by atoms with van der Waals surface area (Å²) >= 11 is 0. The highest BCUT2D eigenvalue weighted by Crippen LogP contribution is 2.17. The highest BCUT2D eigenvalue weighted by Gasteiger charge is 2.01. The number of para-hydroxylation sites is 1. The lowest BCUT2D eigenvalue weighted by Crippen LogP contribution is -2.17. The van der Waals surface area contributed by atoms with Gasteiger partial charge in [0.25, 0.3) is 0 Å². The highest BCUT2D eigenvalue weighted by molar-refractivity contribution is 5.82. The first-order valence-corrected chi connectivity index (χ1v) is 6.64. The molecule has 0 unspecified atom stereocenters. The minimum absolute atomic E-state index is 0.332. The first-order chi connectivity index (χ1) is 8.77. The number of nitrogens with one attached hydrogen (secondary N) is 2. The Bertz CT molecular complexity index is 476. The van der Waals surface area contributed by atoms with Gasteiger partial charge in [0.1, 0.15) is 0 Å². The molecule has 3 nitrogen and oxygen atoms in total. The third-order valence-electron chi connectivity index (χ3n) is 2.94. The second-order valence-corrected chi connectivity index (χ2v) is 4.81. The molecule has 2 N–H and O–H groups in total. The van der Waals surface area contributed by atoms with Crippen molar-refractivity contribution in [2.75, 3.05) is 13.2 Å². The Kier molecular flexibility index (Phi) is 4.79. The summed E-state index contributed by atoms with van der Waals surface area (Å²) in [5.74, 6) is 0. The molecule has 0 aliphatic heterocycles. The Morgan fingerprint density at radius 3 is 2.94 bits per heavy atom. The van der Waals surface area contributed by atoms with Crippen LogP contribution in [0.3, 0.4) is 0 Å². The van der Waals surface area contributed by atoms with E-state index in [0.29, 0.717) is 6.10 Å². The van der Waals surface area contributed by atoms with Gasteiger partial charge >= 0.3 is 0 Å². The van der Waals surface area contributed by atoms with E-state index in [1.54, 1.807) is 0 Å². The standard InChI is InChI=1S/C15H22N2O/c1-12(2)18-9-5-8-16-10-13-11-17-15-7-4-3-6-14(13)15/h3-4,6-7,11-12,16-17H,5,8-10H2,1-2H3. The Hall–Kier alpha value is -1.32. The summed E-state index contributed by atoms with van der Waals surface area (Å²) in [7, 11) is 0. The maximum absolute atomic E-state index is 5.50. The molecule has 2 rings (SSSR count). The van der Waals surface area contributed by atoms with Crippen molar-refractivity contribution in [1.82, 2.24) is 10.3 Å². The summed E-state index contributed by atoms with van der Waals surface area (Å²) in [6, 6.07) is 8.40. The van der Waals surface area contributed by atoms with Gasteiger partial charge < -0.3 is 15.0 Å². The number of H-pyrrole nitrogens is 1. The first kappa shape index (κ1) is 13.1. The number of hydrogen-bond acceptors (Lipinski definition) is 2. The van der Waals surface area contributed by atoms with E-state index in [2.05, 4.69) is 54.6 Å². The van der Waals surface area contributed by atoms with Gasteiger partial charge in [0, 0.05) is 30.3 Å². The summed E-state index contributed by atoms with van der Waals surface area (Å²) in [6.45, 7) is 6.87. The van der Waals surface area contributed by atoms with Gasteiger partial charge in [0.05, 0.1) is 6.10 Å². The third-order valence-corrected chi connectivity index (χ3v) is 2.94. The quantitative estimate of drug-likeness (QED) is 0.737. The number of fused-ring (bicyclic) bond motifs is 1. The van der Waals surface area contributed by atoms with Gasteiger partial charge in [-0.1, -0.05) is 18.2 Å². The predicted octanol–water partition coefficient (Wildman–Crippen LogP) is 3.07. The largest absolute Gasteiger partial charge is 0.379 e. The molecule has 0 radical (unpaired) electrons. The zero-order chi connectivity index (χ0) is 12.8. The minimum Gasteiger partial charge on any atom is -0.379 e. The van der Waals surface area contributed by atoms with E-state index in [1.807, 2.05) is 0 Å².